The summed E-state index contributed by atoms with van der Waals surface area (Å²) in [6.45, 7) is 2.10. The van der Waals surface area contributed by atoms with E-state index in [0.29, 0.717) is 27.5 Å². The van der Waals surface area contributed by atoms with Crippen molar-refractivity contribution in [2.24, 2.45) is 0 Å². The number of hydrogen-bond acceptors (Lipinski definition) is 5. The second-order valence-corrected chi connectivity index (χ2v) is 5.81. The van der Waals surface area contributed by atoms with E-state index in [4.69, 9.17) is 23.2 Å². The van der Waals surface area contributed by atoms with Crippen LogP contribution in [0.1, 0.15) is 12.5 Å². The zero-order valence-corrected chi connectivity index (χ0v) is 14.4. The van der Waals surface area contributed by atoms with Crippen LogP contribution >= 0.6 is 23.2 Å². The molecule has 1 aromatic heterocycles. The average Bonchev–Trinajstić information content (AvgIpc) is 2.60. The van der Waals surface area contributed by atoms with Crippen molar-refractivity contribution in [3.8, 4) is 0 Å². The van der Waals surface area contributed by atoms with Crippen LogP contribution in [-0.2, 0) is 6.42 Å². The second-order valence-electron chi connectivity index (χ2n) is 5.03. The van der Waals surface area contributed by atoms with E-state index in [1.54, 1.807) is 6.07 Å². The Hall–Kier alpha value is -2.37. The van der Waals surface area contributed by atoms with E-state index >= 15 is 0 Å². The minimum atomic E-state index is 0.402. The van der Waals surface area contributed by atoms with Crippen LogP contribution in [-0.4, -0.2) is 15.2 Å². The molecule has 1 heterocycles. The van der Waals surface area contributed by atoms with E-state index in [0.717, 1.165) is 12.1 Å². The first kappa shape index (κ1) is 16.5. The Morgan fingerprint density at radius 3 is 2.58 bits per heavy atom. The van der Waals surface area contributed by atoms with Gasteiger partial charge in [-0.25, -0.2) is 0 Å². The lowest BCUT2D eigenvalue weighted by molar-refractivity contribution is 0.980. The first-order valence-corrected chi connectivity index (χ1v) is 8.18. The first-order chi connectivity index (χ1) is 11.7. The Balaban J connectivity index is 1.83. The zero-order chi connectivity index (χ0) is 16.9. The molecule has 3 aromatic rings. The molecule has 0 unspecified atom stereocenters. The third-order valence-corrected chi connectivity index (χ3v) is 4.24. The quantitative estimate of drug-likeness (QED) is 0.653. The summed E-state index contributed by atoms with van der Waals surface area (Å²) in [4.78, 5) is 4.41. The molecule has 0 amide bonds. The number of benzene rings is 2. The summed E-state index contributed by atoms with van der Waals surface area (Å²) in [6.07, 6.45) is 2.43. The fraction of sp³-hybridized carbons (Fsp3) is 0.118. The van der Waals surface area contributed by atoms with Crippen LogP contribution in [0.2, 0.25) is 10.0 Å². The topological polar surface area (TPSA) is 62.7 Å². The predicted octanol–water partition coefficient (Wildman–Crippen LogP) is 5.23. The summed E-state index contributed by atoms with van der Waals surface area (Å²) in [7, 11) is 0. The lowest BCUT2D eigenvalue weighted by Gasteiger charge is -2.11. The fourth-order valence-corrected chi connectivity index (χ4v) is 2.57. The van der Waals surface area contributed by atoms with E-state index < -0.39 is 0 Å². The van der Waals surface area contributed by atoms with Crippen LogP contribution in [0, 0.1) is 0 Å². The highest BCUT2D eigenvalue weighted by Crippen LogP contribution is 2.31. The van der Waals surface area contributed by atoms with Gasteiger partial charge in [0, 0.05) is 5.69 Å². The summed E-state index contributed by atoms with van der Waals surface area (Å²) in [5.41, 5.74) is 2.79. The minimum Gasteiger partial charge on any atom is -0.338 e. The molecule has 0 radical (unpaired) electrons. The van der Waals surface area contributed by atoms with Gasteiger partial charge in [0.15, 0.2) is 5.82 Å². The number of anilines is 4. The summed E-state index contributed by atoms with van der Waals surface area (Å²) in [6, 6.07) is 13.4. The monoisotopic (exact) mass is 359 g/mol. The summed E-state index contributed by atoms with van der Waals surface area (Å²) in [5, 5.41) is 15.2. The lowest BCUT2D eigenvalue weighted by atomic mass is 10.1. The highest BCUT2D eigenvalue weighted by atomic mass is 35.5. The highest BCUT2D eigenvalue weighted by Gasteiger charge is 2.08. The van der Waals surface area contributed by atoms with Crippen molar-refractivity contribution in [2.45, 2.75) is 13.3 Å². The third kappa shape index (κ3) is 3.75. The smallest absolute Gasteiger partial charge is 0.249 e. The van der Waals surface area contributed by atoms with E-state index in [1.165, 1.54) is 11.8 Å². The molecule has 0 bridgehead atoms. The molecule has 0 saturated heterocycles. The van der Waals surface area contributed by atoms with Crippen LogP contribution in [0.15, 0.2) is 48.7 Å². The van der Waals surface area contributed by atoms with Gasteiger partial charge < -0.3 is 10.6 Å². The molecule has 0 aliphatic carbocycles. The van der Waals surface area contributed by atoms with Crippen LogP contribution < -0.4 is 10.6 Å². The van der Waals surface area contributed by atoms with Crippen molar-refractivity contribution < 1.29 is 0 Å². The number of para-hydroxylation sites is 1. The molecular formula is C17H15Cl2N5. The predicted molar refractivity (Wildman–Crippen MR) is 98.7 cm³/mol. The molecule has 5 nitrogen and oxygen atoms in total. The highest BCUT2D eigenvalue weighted by molar-refractivity contribution is 6.43. The molecule has 7 heteroatoms. The van der Waals surface area contributed by atoms with E-state index in [2.05, 4.69) is 38.8 Å². The number of aromatic nitrogens is 3. The Kier molecular flexibility index (Phi) is 5.13. The Morgan fingerprint density at radius 2 is 1.75 bits per heavy atom. The van der Waals surface area contributed by atoms with Gasteiger partial charge in [0.2, 0.25) is 5.95 Å². The number of rotatable bonds is 5. The van der Waals surface area contributed by atoms with Crippen molar-refractivity contribution >= 4 is 46.3 Å². The maximum atomic E-state index is 6.18. The van der Waals surface area contributed by atoms with Crippen LogP contribution in [0.25, 0.3) is 0 Å². The number of nitrogens with one attached hydrogen (secondary N) is 2. The Morgan fingerprint density at radius 1 is 0.958 bits per heavy atom. The van der Waals surface area contributed by atoms with Crippen molar-refractivity contribution in [3.63, 3.8) is 0 Å². The Labute approximate surface area is 150 Å². The molecule has 0 aliphatic heterocycles. The van der Waals surface area contributed by atoms with E-state index in [-0.39, 0.29) is 0 Å². The molecule has 0 fully saturated rings. The van der Waals surface area contributed by atoms with Gasteiger partial charge in [-0.1, -0.05) is 54.4 Å². The van der Waals surface area contributed by atoms with Gasteiger partial charge in [-0.15, -0.1) is 5.10 Å². The van der Waals surface area contributed by atoms with Crippen LogP contribution in [0.5, 0.6) is 0 Å². The Bertz CT molecular complexity index is 854. The van der Waals surface area contributed by atoms with Gasteiger partial charge in [-0.3, -0.25) is 0 Å². The van der Waals surface area contributed by atoms with Gasteiger partial charge in [0.05, 0.1) is 21.9 Å². The SMILES string of the molecule is CCc1ccccc1Nc1nncc(Nc2cccc(Cl)c2Cl)n1. The molecule has 0 spiro atoms. The molecule has 0 atom stereocenters. The molecule has 2 N–H and O–H groups in total. The van der Waals surface area contributed by atoms with Gasteiger partial charge in [-0.05, 0) is 30.2 Å². The molecule has 24 heavy (non-hydrogen) atoms. The van der Waals surface area contributed by atoms with E-state index in [1.807, 2.05) is 30.3 Å². The first-order valence-electron chi connectivity index (χ1n) is 7.43. The number of nitrogens with zero attached hydrogens (tertiary/aromatic N) is 3. The second kappa shape index (κ2) is 7.47. The zero-order valence-electron chi connectivity index (χ0n) is 12.9. The summed E-state index contributed by atoms with van der Waals surface area (Å²) in [5.74, 6) is 0.921. The van der Waals surface area contributed by atoms with Gasteiger partial charge in [0.1, 0.15) is 0 Å². The fourth-order valence-electron chi connectivity index (χ4n) is 2.23. The number of hydrogen-bond donors (Lipinski definition) is 2. The van der Waals surface area contributed by atoms with Crippen LogP contribution in [0.3, 0.4) is 0 Å². The van der Waals surface area contributed by atoms with Gasteiger partial charge in [0.25, 0.3) is 0 Å². The van der Waals surface area contributed by atoms with Crippen molar-refractivity contribution in [1.29, 1.82) is 0 Å². The van der Waals surface area contributed by atoms with Crippen molar-refractivity contribution in [3.05, 3.63) is 64.3 Å². The largest absolute Gasteiger partial charge is 0.338 e. The third-order valence-electron chi connectivity index (χ3n) is 3.42. The maximum absolute atomic E-state index is 6.18. The lowest BCUT2D eigenvalue weighted by Crippen LogP contribution is -2.04. The summed E-state index contributed by atoms with van der Waals surface area (Å²) < 4.78 is 0. The van der Waals surface area contributed by atoms with Gasteiger partial charge in [-0.2, -0.15) is 10.1 Å². The maximum Gasteiger partial charge on any atom is 0.249 e. The summed E-state index contributed by atoms with van der Waals surface area (Å²) >= 11 is 12.2. The van der Waals surface area contributed by atoms with Crippen molar-refractivity contribution in [1.82, 2.24) is 15.2 Å². The standard InChI is InChI=1S/C17H15Cl2N5/c1-2-11-6-3-4-8-13(11)22-17-23-15(10-20-24-17)21-14-9-5-7-12(18)16(14)19/h3-10H,2H2,1H3,(H2,21,22,23,24). The molecule has 0 saturated carbocycles. The van der Waals surface area contributed by atoms with Gasteiger partial charge >= 0.3 is 0 Å². The molecule has 3 rings (SSSR count). The molecule has 0 aliphatic rings. The molecule has 2 aromatic carbocycles. The normalized spacial score (nSPS) is 10.5. The number of halogens is 2. The van der Waals surface area contributed by atoms with Crippen LogP contribution in [0.4, 0.5) is 23.1 Å². The number of aryl methyl sites for hydroxylation is 1. The molecular weight excluding hydrogens is 345 g/mol. The van der Waals surface area contributed by atoms with Crippen molar-refractivity contribution in [2.75, 3.05) is 10.6 Å². The molecule has 122 valence electrons. The average molecular weight is 360 g/mol. The minimum absolute atomic E-state index is 0.402. The van der Waals surface area contributed by atoms with E-state index in [9.17, 15) is 0 Å².